The van der Waals surface area contributed by atoms with Gasteiger partial charge in [-0.05, 0) is 62.0 Å². The molecule has 170 valence electrons. The summed E-state index contributed by atoms with van der Waals surface area (Å²) in [7, 11) is 2.15. The van der Waals surface area contributed by atoms with Gasteiger partial charge in [0.05, 0.1) is 0 Å². The zero-order valence-corrected chi connectivity index (χ0v) is 19.0. The molecule has 0 spiro atoms. The summed E-state index contributed by atoms with van der Waals surface area (Å²) in [6, 6.07) is 18.8. The number of ether oxygens (including phenoxy) is 2. The highest BCUT2D eigenvalue weighted by Gasteiger charge is 2.18. The van der Waals surface area contributed by atoms with E-state index in [1.54, 1.807) is 0 Å². The molecule has 4 rings (SSSR count). The van der Waals surface area contributed by atoms with Crippen LogP contribution in [-0.2, 0) is 22.6 Å². The minimum atomic E-state index is -0.00105. The second-order valence-electron chi connectivity index (χ2n) is 8.53. The average Bonchev–Trinajstić information content (AvgIpc) is 3.13. The smallest absolute Gasteiger partial charge is 0.240 e. The third-order valence-corrected chi connectivity index (χ3v) is 6.23. The fraction of sp³-hybridized carbons (Fsp3) is 0.423. The predicted octanol–water partition coefficient (Wildman–Crippen LogP) is 3.76. The van der Waals surface area contributed by atoms with Crippen molar-refractivity contribution in [2.45, 2.75) is 38.9 Å². The van der Waals surface area contributed by atoms with E-state index >= 15 is 0 Å². The third-order valence-electron chi connectivity index (χ3n) is 6.23. The number of likely N-dealkylation sites (N-methyl/N-ethyl adjacent to an activating group) is 1. The second-order valence-corrected chi connectivity index (χ2v) is 8.53. The number of benzene rings is 2. The van der Waals surface area contributed by atoms with E-state index in [2.05, 4.69) is 40.0 Å². The normalized spacial score (nSPS) is 14.7. The number of fused-ring (bicyclic) bond motifs is 1. The standard InChI is InChI=1S/C26H33N3O3/c1-20-16-22-7-3-4-9-25(22)29(20)19-26(30)27-18-21-6-5-8-24(17-21)32-15-12-28(2)23-10-13-31-14-11-23/h3-9,16-17,23H,10-15,18-19H2,1-2H3,(H,27,30). The van der Waals surface area contributed by atoms with Gasteiger partial charge in [0, 0.05) is 43.6 Å². The maximum Gasteiger partial charge on any atom is 0.240 e. The molecule has 1 aliphatic heterocycles. The molecule has 2 aromatic carbocycles. The summed E-state index contributed by atoms with van der Waals surface area (Å²) in [5.74, 6) is 0.836. The van der Waals surface area contributed by atoms with Gasteiger partial charge in [-0.25, -0.2) is 0 Å². The van der Waals surface area contributed by atoms with Crippen molar-refractivity contribution in [1.82, 2.24) is 14.8 Å². The van der Waals surface area contributed by atoms with Gasteiger partial charge < -0.3 is 19.4 Å². The quantitative estimate of drug-likeness (QED) is 0.556. The van der Waals surface area contributed by atoms with Crippen molar-refractivity contribution in [3.63, 3.8) is 0 Å². The summed E-state index contributed by atoms with van der Waals surface area (Å²) >= 11 is 0. The van der Waals surface area contributed by atoms with Gasteiger partial charge in [0.2, 0.25) is 5.91 Å². The van der Waals surface area contributed by atoms with Crippen LogP contribution in [0.5, 0.6) is 5.75 Å². The fourth-order valence-electron chi connectivity index (χ4n) is 4.32. The topological polar surface area (TPSA) is 55.7 Å². The van der Waals surface area contributed by atoms with Gasteiger partial charge in [-0.3, -0.25) is 9.69 Å². The van der Waals surface area contributed by atoms with Crippen LogP contribution < -0.4 is 10.1 Å². The monoisotopic (exact) mass is 435 g/mol. The van der Waals surface area contributed by atoms with E-state index in [0.29, 0.717) is 25.7 Å². The van der Waals surface area contributed by atoms with E-state index in [1.165, 1.54) is 0 Å². The maximum atomic E-state index is 12.6. The largest absolute Gasteiger partial charge is 0.492 e. The molecule has 0 saturated carbocycles. The van der Waals surface area contributed by atoms with Crippen molar-refractivity contribution in [2.24, 2.45) is 0 Å². The van der Waals surface area contributed by atoms with Crippen LogP contribution in [0.1, 0.15) is 24.1 Å². The highest BCUT2D eigenvalue weighted by Crippen LogP contribution is 2.19. The Bertz CT molecular complexity index is 1040. The van der Waals surface area contributed by atoms with E-state index in [4.69, 9.17) is 9.47 Å². The van der Waals surface area contributed by atoms with Crippen molar-refractivity contribution >= 4 is 16.8 Å². The SMILES string of the molecule is Cc1cc2ccccc2n1CC(=O)NCc1cccc(OCCN(C)C2CCOCC2)c1. The Balaban J connectivity index is 1.25. The van der Waals surface area contributed by atoms with Crippen LogP contribution >= 0.6 is 0 Å². The number of nitrogens with zero attached hydrogens (tertiary/aromatic N) is 2. The molecule has 6 heteroatoms. The Kier molecular flexibility index (Phi) is 7.45. The number of rotatable bonds is 9. The molecule has 0 aliphatic carbocycles. The Labute approximate surface area is 190 Å². The van der Waals surface area contributed by atoms with Crippen molar-refractivity contribution in [3.8, 4) is 5.75 Å². The Hall–Kier alpha value is -2.83. The van der Waals surface area contributed by atoms with E-state index in [1.807, 2.05) is 43.3 Å². The number of para-hydroxylation sites is 1. The molecule has 0 atom stereocenters. The molecular weight excluding hydrogens is 402 g/mol. The minimum Gasteiger partial charge on any atom is -0.492 e. The lowest BCUT2D eigenvalue weighted by Gasteiger charge is -2.31. The van der Waals surface area contributed by atoms with Gasteiger partial charge in [0.1, 0.15) is 18.9 Å². The highest BCUT2D eigenvalue weighted by atomic mass is 16.5. The van der Waals surface area contributed by atoms with Gasteiger partial charge in [0.15, 0.2) is 0 Å². The summed E-state index contributed by atoms with van der Waals surface area (Å²) in [6.07, 6.45) is 2.17. The number of amides is 1. The number of carbonyl (C=O) groups excluding carboxylic acids is 1. The zero-order valence-electron chi connectivity index (χ0n) is 19.0. The molecule has 0 radical (unpaired) electrons. The van der Waals surface area contributed by atoms with Crippen molar-refractivity contribution in [3.05, 3.63) is 65.9 Å². The molecule has 1 fully saturated rings. The number of aryl methyl sites for hydroxylation is 1. The van der Waals surface area contributed by atoms with E-state index in [0.717, 1.165) is 60.5 Å². The number of carbonyl (C=O) groups is 1. The average molecular weight is 436 g/mol. The highest BCUT2D eigenvalue weighted by molar-refractivity contribution is 5.84. The lowest BCUT2D eigenvalue weighted by molar-refractivity contribution is -0.121. The maximum absolute atomic E-state index is 12.6. The van der Waals surface area contributed by atoms with Gasteiger partial charge >= 0.3 is 0 Å². The molecule has 6 nitrogen and oxygen atoms in total. The van der Waals surface area contributed by atoms with Crippen LogP contribution in [0.15, 0.2) is 54.6 Å². The summed E-state index contributed by atoms with van der Waals surface area (Å²) < 4.78 is 13.5. The second kappa shape index (κ2) is 10.7. The van der Waals surface area contributed by atoms with Crippen molar-refractivity contribution in [2.75, 3.05) is 33.4 Å². The van der Waals surface area contributed by atoms with Crippen LogP contribution in [0.2, 0.25) is 0 Å². The molecule has 1 aromatic heterocycles. The van der Waals surface area contributed by atoms with E-state index < -0.39 is 0 Å². The Morgan fingerprint density at radius 3 is 2.81 bits per heavy atom. The lowest BCUT2D eigenvalue weighted by atomic mass is 10.1. The number of nitrogens with one attached hydrogen (secondary N) is 1. The fourth-order valence-corrected chi connectivity index (χ4v) is 4.32. The zero-order chi connectivity index (χ0) is 22.3. The van der Waals surface area contributed by atoms with Crippen LogP contribution in [0.4, 0.5) is 0 Å². The summed E-state index contributed by atoms with van der Waals surface area (Å²) in [4.78, 5) is 14.9. The van der Waals surface area contributed by atoms with Crippen LogP contribution in [-0.4, -0.2) is 54.8 Å². The van der Waals surface area contributed by atoms with Crippen molar-refractivity contribution in [1.29, 1.82) is 0 Å². The molecule has 0 bridgehead atoms. The van der Waals surface area contributed by atoms with E-state index in [-0.39, 0.29) is 5.91 Å². The Morgan fingerprint density at radius 1 is 1.16 bits per heavy atom. The van der Waals surface area contributed by atoms with Gasteiger partial charge in [-0.1, -0.05) is 30.3 Å². The van der Waals surface area contributed by atoms with Crippen LogP contribution in [0.25, 0.3) is 10.9 Å². The molecule has 1 aliphatic rings. The number of hydrogen-bond acceptors (Lipinski definition) is 4. The molecule has 3 aromatic rings. The molecule has 1 amide bonds. The van der Waals surface area contributed by atoms with Gasteiger partial charge in [-0.15, -0.1) is 0 Å². The first-order valence-electron chi connectivity index (χ1n) is 11.4. The number of aromatic nitrogens is 1. The third kappa shape index (κ3) is 5.69. The number of hydrogen-bond donors (Lipinski definition) is 1. The molecule has 1 N–H and O–H groups in total. The summed E-state index contributed by atoms with van der Waals surface area (Å²) in [5, 5.41) is 4.20. The molecule has 32 heavy (non-hydrogen) atoms. The first kappa shape index (κ1) is 22.4. The summed E-state index contributed by atoms with van der Waals surface area (Å²) in [5.41, 5.74) is 3.20. The lowest BCUT2D eigenvalue weighted by Crippen LogP contribution is -2.38. The molecule has 0 unspecified atom stereocenters. The predicted molar refractivity (Wildman–Crippen MR) is 127 cm³/mol. The molecule has 2 heterocycles. The molecular formula is C26H33N3O3. The first-order valence-corrected chi connectivity index (χ1v) is 11.4. The van der Waals surface area contributed by atoms with Crippen molar-refractivity contribution < 1.29 is 14.3 Å². The molecule has 1 saturated heterocycles. The van der Waals surface area contributed by atoms with Crippen LogP contribution in [0.3, 0.4) is 0 Å². The van der Waals surface area contributed by atoms with Crippen LogP contribution in [0, 0.1) is 6.92 Å². The van der Waals surface area contributed by atoms with Gasteiger partial charge in [-0.2, -0.15) is 0 Å². The first-order chi connectivity index (χ1) is 15.6. The summed E-state index contributed by atoms with van der Waals surface area (Å²) in [6.45, 7) is 6.06. The van der Waals surface area contributed by atoms with E-state index in [9.17, 15) is 4.79 Å². The minimum absolute atomic E-state index is 0.00105. The Morgan fingerprint density at radius 2 is 1.97 bits per heavy atom. The van der Waals surface area contributed by atoms with Gasteiger partial charge in [0.25, 0.3) is 0 Å².